The Bertz CT molecular complexity index is 516. The molecule has 2 unspecified atom stereocenters. The highest BCUT2D eigenvalue weighted by atomic mass is 16.5. The monoisotopic (exact) mass is 319 g/mol. The van der Waals surface area contributed by atoms with Crippen LogP contribution in [0, 0.1) is 0 Å². The first-order valence-electron chi connectivity index (χ1n) is 8.33. The van der Waals surface area contributed by atoms with Gasteiger partial charge in [-0.2, -0.15) is 0 Å². The zero-order valence-electron chi connectivity index (χ0n) is 14.9. The zero-order valence-corrected chi connectivity index (χ0v) is 14.9. The predicted molar refractivity (Wildman–Crippen MR) is 92.8 cm³/mol. The lowest BCUT2D eigenvalue weighted by atomic mass is 10.1. The summed E-state index contributed by atoms with van der Waals surface area (Å²) in [5, 5.41) is 3.16. The van der Waals surface area contributed by atoms with Crippen molar-refractivity contribution in [3.05, 3.63) is 29.8 Å². The van der Waals surface area contributed by atoms with E-state index in [2.05, 4.69) is 24.1 Å². The first-order chi connectivity index (χ1) is 10.9. The molecule has 1 aromatic carbocycles. The van der Waals surface area contributed by atoms with Crippen molar-refractivity contribution < 1.29 is 9.53 Å². The third-order valence-corrected chi connectivity index (χ3v) is 4.78. The van der Waals surface area contributed by atoms with Crippen molar-refractivity contribution >= 4 is 6.03 Å². The smallest absolute Gasteiger partial charge is 0.317 e. The number of methoxy groups -OCH3 is 1. The number of nitrogens with zero attached hydrogens (tertiary/aromatic N) is 2. The van der Waals surface area contributed by atoms with E-state index in [1.54, 1.807) is 12.0 Å². The Morgan fingerprint density at radius 1 is 1.30 bits per heavy atom. The van der Waals surface area contributed by atoms with Crippen LogP contribution in [-0.2, 0) is 0 Å². The summed E-state index contributed by atoms with van der Waals surface area (Å²) in [6.07, 6.45) is 1.02. The van der Waals surface area contributed by atoms with Gasteiger partial charge in [-0.1, -0.05) is 12.1 Å². The highest BCUT2D eigenvalue weighted by molar-refractivity contribution is 5.74. The van der Waals surface area contributed by atoms with Crippen molar-refractivity contribution in [2.75, 3.05) is 27.2 Å². The molecule has 1 saturated heterocycles. The molecule has 0 bridgehead atoms. The molecular formula is C18H29N3O2. The molecule has 1 aliphatic heterocycles. The van der Waals surface area contributed by atoms with Crippen LogP contribution in [0.3, 0.4) is 0 Å². The summed E-state index contributed by atoms with van der Waals surface area (Å²) in [4.78, 5) is 16.6. The highest BCUT2D eigenvalue weighted by Gasteiger charge is 2.27. The quantitative estimate of drug-likeness (QED) is 0.907. The molecule has 1 fully saturated rings. The number of hydrogen-bond donors (Lipinski definition) is 1. The fraction of sp³-hybridized carbons (Fsp3) is 0.611. The molecular weight excluding hydrogens is 290 g/mol. The number of urea groups is 1. The highest BCUT2D eigenvalue weighted by Crippen LogP contribution is 2.22. The predicted octanol–water partition coefficient (Wildman–Crippen LogP) is 2.88. The van der Waals surface area contributed by atoms with Crippen LogP contribution in [0.25, 0.3) is 0 Å². The van der Waals surface area contributed by atoms with E-state index < -0.39 is 0 Å². The summed E-state index contributed by atoms with van der Waals surface area (Å²) < 4.78 is 5.18. The van der Waals surface area contributed by atoms with E-state index >= 15 is 0 Å². The van der Waals surface area contributed by atoms with Crippen LogP contribution in [0.2, 0.25) is 0 Å². The summed E-state index contributed by atoms with van der Waals surface area (Å²) in [6, 6.07) is 8.65. The van der Waals surface area contributed by atoms with Crippen molar-refractivity contribution in [2.24, 2.45) is 0 Å². The first kappa shape index (κ1) is 17.6. The molecule has 0 radical (unpaired) electrons. The Hall–Kier alpha value is -1.75. The lowest BCUT2D eigenvalue weighted by Crippen LogP contribution is -2.45. The van der Waals surface area contributed by atoms with Gasteiger partial charge in [-0.3, -0.25) is 4.90 Å². The van der Waals surface area contributed by atoms with Gasteiger partial charge in [-0.05, 0) is 44.9 Å². The van der Waals surface area contributed by atoms with Gasteiger partial charge in [0.1, 0.15) is 5.75 Å². The molecule has 2 atom stereocenters. The van der Waals surface area contributed by atoms with E-state index in [1.807, 2.05) is 38.2 Å². The second-order valence-corrected chi connectivity index (χ2v) is 6.58. The summed E-state index contributed by atoms with van der Waals surface area (Å²) in [6.45, 7) is 8.43. The Morgan fingerprint density at radius 3 is 2.48 bits per heavy atom. The van der Waals surface area contributed by atoms with Crippen LogP contribution in [0.5, 0.6) is 5.75 Å². The average molecular weight is 319 g/mol. The molecule has 1 aromatic rings. The van der Waals surface area contributed by atoms with Crippen LogP contribution < -0.4 is 10.1 Å². The average Bonchev–Trinajstić information content (AvgIpc) is 3.02. The molecule has 1 N–H and O–H groups in total. The summed E-state index contributed by atoms with van der Waals surface area (Å²) in [5.41, 5.74) is 1.10. The van der Waals surface area contributed by atoms with Crippen LogP contribution in [0.1, 0.15) is 38.8 Å². The van der Waals surface area contributed by atoms with Gasteiger partial charge in [0, 0.05) is 32.2 Å². The first-order valence-corrected chi connectivity index (χ1v) is 8.33. The van der Waals surface area contributed by atoms with Crippen molar-refractivity contribution in [1.29, 1.82) is 0 Å². The Morgan fingerprint density at radius 2 is 1.96 bits per heavy atom. The van der Waals surface area contributed by atoms with Gasteiger partial charge >= 0.3 is 6.03 Å². The van der Waals surface area contributed by atoms with E-state index in [4.69, 9.17) is 4.74 Å². The number of ether oxygens (including phenoxy) is 1. The van der Waals surface area contributed by atoms with Gasteiger partial charge in [-0.15, -0.1) is 0 Å². The van der Waals surface area contributed by atoms with E-state index in [0.29, 0.717) is 6.04 Å². The molecule has 2 amide bonds. The molecule has 128 valence electrons. The van der Waals surface area contributed by atoms with Crippen molar-refractivity contribution in [3.8, 4) is 5.75 Å². The minimum atomic E-state index is -0.0103. The molecule has 0 aliphatic carbocycles. The molecule has 0 spiro atoms. The summed E-state index contributed by atoms with van der Waals surface area (Å²) >= 11 is 0. The molecule has 0 aromatic heterocycles. The van der Waals surface area contributed by atoms with Gasteiger partial charge in [0.05, 0.1) is 13.2 Å². The molecule has 23 heavy (non-hydrogen) atoms. The lowest BCUT2D eigenvalue weighted by Gasteiger charge is -2.27. The van der Waals surface area contributed by atoms with Crippen molar-refractivity contribution in [3.63, 3.8) is 0 Å². The van der Waals surface area contributed by atoms with Crippen LogP contribution in [-0.4, -0.2) is 55.2 Å². The molecule has 0 saturated carbocycles. The molecule has 5 nitrogen and oxygen atoms in total. The molecule has 1 heterocycles. The summed E-state index contributed by atoms with van der Waals surface area (Å²) in [5.74, 6) is 0.827. The number of hydrogen-bond acceptors (Lipinski definition) is 3. The molecule has 5 heteroatoms. The standard InChI is InChI=1S/C18H29N3O2/c1-13(2)21-11-10-16(12-21)19-18(22)20(4)14(3)15-6-8-17(23-5)9-7-15/h6-9,13-14,16H,10-12H2,1-5H3,(H,19,22). The number of nitrogens with one attached hydrogen (secondary N) is 1. The SMILES string of the molecule is COc1ccc(C(C)N(C)C(=O)NC2CCN(C(C)C)C2)cc1. The second kappa shape index (κ2) is 7.68. The van der Waals surface area contributed by atoms with E-state index in [0.717, 1.165) is 30.8 Å². The van der Waals surface area contributed by atoms with Crippen LogP contribution in [0.4, 0.5) is 4.79 Å². The zero-order chi connectivity index (χ0) is 17.0. The largest absolute Gasteiger partial charge is 0.497 e. The number of carbonyl (C=O) groups excluding carboxylic acids is 1. The number of amides is 2. The maximum atomic E-state index is 12.5. The minimum absolute atomic E-state index is 0.0103. The second-order valence-electron chi connectivity index (χ2n) is 6.58. The fourth-order valence-electron chi connectivity index (χ4n) is 2.93. The van der Waals surface area contributed by atoms with E-state index in [1.165, 1.54) is 0 Å². The third kappa shape index (κ3) is 4.38. The molecule has 1 aliphatic rings. The maximum absolute atomic E-state index is 12.5. The number of benzene rings is 1. The lowest BCUT2D eigenvalue weighted by molar-refractivity contribution is 0.189. The fourth-order valence-corrected chi connectivity index (χ4v) is 2.93. The van der Waals surface area contributed by atoms with Crippen LogP contribution in [0.15, 0.2) is 24.3 Å². The van der Waals surface area contributed by atoms with E-state index in [9.17, 15) is 4.79 Å². The van der Waals surface area contributed by atoms with Crippen molar-refractivity contribution in [2.45, 2.75) is 45.3 Å². The number of likely N-dealkylation sites (tertiary alicyclic amines) is 1. The third-order valence-electron chi connectivity index (χ3n) is 4.78. The Balaban J connectivity index is 1.91. The van der Waals surface area contributed by atoms with Gasteiger partial charge in [-0.25, -0.2) is 4.79 Å². The van der Waals surface area contributed by atoms with Crippen LogP contribution >= 0.6 is 0 Å². The normalized spacial score (nSPS) is 19.7. The maximum Gasteiger partial charge on any atom is 0.317 e. The van der Waals surface area contributed by atoms with Gasteiger partial charge in [0.2, 0.25) is 0 Å². The van der Waals surface area contributed by atoms with E-state index in [-0.39, 0.29) is 18.1 Å². The number of rotatable bonds is 5. The van der Waals surface area contributed by atoms with Gasteiger partial charge in [0.25, 0.3) is 0 Å². The number of carbonyl (C=O) groups is 1. The van der Waals surface area contributed by atoms with Gasteiger partial charge in [0.15, 0.2) is 0 Å². The van der Waals surface area contributed by atoms with Gasteiger partial charge < -0.3 is 15.0 Å². The summed E-state index contributed by atoms with van der Waals surface area (Å²) in [7, 11) is 3.50. The minimum Gasteiger partial charge on any atom is -0.497 e. The van der Waals surface area contributed by atoms with Crippen molar-refractivity contribution in [1.82, 2.24) is 15.1 Å². The topological polar surface area (TPSA) is 44.8 Å². The Labute approximate surface area is 139 Å². The Kier molecular flexibility index (Phi) is 5.88. The molecule has 2 rings (SSSR count).